The lowest BCUT2D eigenvalue weighted by molar-refractivity contribution is 0.0935. The summed E-state index contributed by atoms with van der Waals surface area (Å²) < 4.78 is 22.5. The minimum atomic E-state index is -0.275. The lowest BCUT2D eigenvalue weighted by atomic mass is 9.93. The van der Waals surface area contributed by atoms with Crippen molar-refractivity contribution >= 4 is 17.5 Å². The third-order valence-electron chi connectivity index (χ3n) is 6.26. The third-order valence-corrected chi connectivity index (χ3v) is 6.76. The Hall–Kier alpha value is -3.38. The van der Waals surface area contributed by atoms with Gasteiger partial charge in [0.25, 0.3) is 5.91 Å². The van der Waals surface area contributed by atoms with Crippen molar-refractivity contribution in [2.45, 2.75) is 25.8 Å². The second-order valence-corrected chi connectivity index (χ2v) is 8.51. The van der Waals surface area contributed by atoms with Gasteiger partial charge in [0.05, 0.1) is 45.1 Å². The topological polar surface area (TPSA) is 66.0 Å². The molecule has 4 rings (SSSR count). The Morgan fingerprint density at radius 2 is 1.74 bits per heavy atom. The van der Waals surface area contributed by atoms with Crippen LogP contribution in [0.2, 0.25) is 5.02 Å². The first kappa shape index (κ1) is 23.8. The van der Waals surface area contributed by atoms with E-state index in [1.54, 1.807) is 34.5 Å². The van der Waals surface area contributed by atoms with Crippen molar-refractivity contribution in [3.63, 3.8) is 0 Å². The molecule has 0 saturated heterocycles. The molecule has 0 aliphatic heterocycles. The van der Waals surface area contributed by atoms with E-state index in [-0.39, 0.29) is 11.9 Å². The van der Waals surface area contributed by atoms with Crippen molar-refractivity contribution in [2.24, 2.45) is 0 Å². The van der Waals surface area contributed by atoms with E-state index in [1.807, 2.05) is 43.3 Å². The normalized spacial score (nSPS) is 14.4. The van der Waals surface area contributed by atoms with Crippen LogP contribution in [0.15, 0.2) is 42.5 Å². The van der Waals surface area contributed by atoms with Crippen molar-refractivity contribution in [3.8, 4) is 34.1 Å². The molecule has 34 heavy (non-hydrogen) atoms. The number of benzene rings is 3. The SMILES string of the molecule is COc1ccc2c(c1)C(NC(=O)c1cccc(C)c1Cl)CCc1cc(OC)c(OC)c(OC)c1-2. The maximum absolute atomic E-state index is 13.3. The average Bonchev–Trinajstić information content (AvgIpc) is 3.00. The van der Waals surface area contributed by atoms with Crippen LogP contribution in [0.3, 0.4) is 0 Å². The Bertz CT molecular complexity index is 1240. The number of carbonyl (C=O) groups is 1. The lowest BCUT2D eigenvalue weighted by Crippen LogP contribution is -2.29. The highest BCUT2D eigenvalue weighted by Gasteiger charge is 2.30. The zero-order valence-electron chi connectivity index (χ0n) is 20.0. The summed E-state index contributed by atoms with van der Waals surface area (Å²) in [5.74, 6) is 2.20. The molecule has 0 bridgehead atoms. The summed E-state index contributed by atoms with van der Waals surface area (Å²) in [6.45, 7) is 1.88. The van der Waals surface area contributed by atoms with Crippen LogP contribution < -0.4 is 24.3 Å². The summed E-state index contributed by atoms with van der Waals surface area (Å²) in [5, 5.41) is 3.66. The van der Waals surface area contributed by atoms with Crippen molar-refractivity contribution in [3.05, 3.63) is 69.7 Å². The maximum Gasteiger partial charge on any atom is 0.253 e. The summed E-state index contributed by atoms with van der Waals surface area (Å²) in [5.41, 5.74) is 5.14. The van der Waals surface area contributed by atoms with Gasteiger partial charge in [-0.25, -0.2) is 0 Å². The minimum absolute atomic E-state index is 0.222. The molecular weight excluding hydrogens is 454 g/mol. The Morgan fingerprint density at radius 1 is 0.971 bits per heavy atom. The highest BCUT2D eigenvalue weighted by molar-refractivity contribution is 6.34. The second-order valence-electron chi connectivity index (χ2n) is 8.13. The maximum atomic E-state index is 13.3. The molecule has 0 spiro atoms. The predicted octanol–water partition coefficient (Wildman–Crippen LogP) is 5.77. The molecule has 1 atom stereocenters. The van der Waals surface area contributed by atoms with Crippen LogP contribution >= 0.6 is 11.6 Å². The van der Waals surface area contributed by atoms with Gasteiger partial charge < -0.3 is 24.3 Å². The van der Waals surface area contributed by atoms with Crippen molar-refractivity contribution in [1.82, 2.24) is 5.32 Å². The number of aryl methyl sites for hydroxylation is 2. The Labute approximate surface area is 204 Å². The number of rotatable bonds is 6. The van der Waals surface area contributed by atoms with Crippen LogP contribution in [0.4, 0.5) is 0 Å². The van der Waals surface area contributed by atoms with E-state index in [2.05, 4.69) is 5.32 Å². The Kier molecular flexibility index (Phi) is 6.89. The zero-order valence-corrected chi connectivity index (χ0v) is 20.7. The molecule has 3 aromatic rings. The summed E-state index contributed by atoms with van der Waals surface area (Å²) in [6.07, 6.45) is 1.36. The molecule has 0 heterocycles. The predicted molar refractivity (Wildman–Crippen MR) is 133 cm³/mol. The summed E-state index contributed by atoms with van der Waals surface area (Å²) in [4.78, 5) is 13.3. The third kappa shape index (κ3) is 4.14. The monoisotopic (exact) mass is 481 g/mol. The van der Waals surface area contributed by atoms with Gasteiger partial charge in [-0.2, -0.15) is 0 Å². The number of carbonyl (C=O) groups excluding carboxylic acids is 1. The van der Waals surface area contributed by atoms with Gasteiger partial charge in [0.1, 0.15) is 5.75 Å². The first-order valence-corrected chi connectivity index (χ1v) is 11.4. The van der Waals surface area contributed by atoms with E-state index in [4.69, 9.17) is 30.5 Å². The Balaban J connectivity index is 1.86. The fraction of sp³-hybridized carbons (Fsp3) is 0.296. The highest BCUT2D eigenvalue weighted by Crippen LogP contribution is 2.50. The first-order valence-electron chi connectivity index (χ1n) is 11.0. The van der Waals surface area contributed by atoms with Gasteiger partial charge >= 0.3 is 0 Å². The first-order chi connectivity index (χ1) is 16.4. The summed E-state index contributed by atoms with van der Waals surface area (Å²) >= 11 is 6.44. The van der Waals surface area contributed by atoms with Crippen molar-refractivity contribution < 1.29 is 23.7 Å². The van der Waals surface area contributed by atoms with E-state index in [1.165, 1.54) is 0 Å². The largest absolute Gasteiger partial charge is 0.497 e. The molecule has 0 saturated carbocycles. The smallest absolute Gasteiger partial charge is 0.253 e. The van der Waals surface area contributed by atoms with Gasteiger partial charge in [0, 0.05) is 5.56 Å². The van der Waals surface area contributed by atoms with E-state index < -0.39 is 0 Å². The van der Waals surface area contributed by atoms with Crippen LogP contribution in [-0.4, -0.2) is 34.3 Å². The summed E-state index contributed by atoms with van der Waals surface area (Å²) in [7, 11) is 6.44. The molecule has 3 aromatic carbocycles. The molecule has 1 aliphatic rings. The Morgan fingerprint density at radius 3 is 2.41 bits per heavy atom. The van der Waals surface area contributed by atoms with Crippen LogP contribution in [-0.2, 0) is 6.42 Å². The van der Waals surface area contributed by atoms with Crippen LogP contribution in [0.1, 0.15) is 39.5 Å². The van der Waals surface area contributed by atoms with Gasteiger partial charge in [0.2, 0.25) is 5.75 Å². The number of nitrogens with one attached hydrogen (secondary N) is 1. The highest BCUT2D eigenvalue weighted by atomic mass is 35.5. The van der Waals surface area contributed by atoms with E-state index in [9.17, 15) is 4.79 Å². The number of methoxy groups -OCH3 is 4. The number of ether oxygens (including phenoxy) is 4. The number of amides is 1. The van der Waals surface area contributed by atoms with E-state index >= 15 is 0 Å². The summed E-state index contributed by atoms with van der Waals surface area (Å²) in [6, 6.07) is 13.0. The molecule has 178 valence electrons. The molecule has 0 aromatic heterocycles. The average molecular weight is 482 g/mol. The lowest BCUT2D eigenvalue weighted by Gasteiger charge is -2.22. The van der Waals surface area contributed by atoms with Crippen molar-refractivity contribution in [1.29, 1.82) is 0 Å². The number of fused-ring (bicyclic) bond motifs is 3. The van der Waals surface area contributed by atoms with Gasteiger partial charge in [-0.05, 0) is 66.3 Å². The van der Waals surface area contributed by atoms with Crippen LogP contribution in [0, 0.1) is 6.92 Å². The van der Waals surface area contributed by atoms with Gasteiger partial charge in [-0.15, -0.1) is 0 Å². The van der Waals surface area contributed by atoms with Crippen molar-refractivity contribution in [2.75, 3.05) is 28.4 Å². The standard InChI is InChI=1S/C27H28ClNO5/c1-15-7-6-8-19(24(15)28)27(30)29-21-12-9-16-13-22(32-3)25(33-4)26(34-5)23(16)18-11-10-17(31-2)14-20(18)21/h6-8,10-11,13-14,21H,9,12H2,1-5H3,(H,29,30). The number of halogens is 1. The quantitative estimate of drug-likeness (QED) is 0.484. The number of hydrogen-bond donors (Lipinski definition) is 1. The van der Waals surface area contributed by atoms with Gasteiger partial charge in [-0.1, -0.05) is 29.8 Å². The van der Waals surface area contributed by atoms with Crippen LogP contribution in [0.25, 0.3) is 11.1 Å². The second kappa shape index (κ2) is 9.85. The van der Waals surface area contributed by atoms with Gasteiger partial charge in [-0.3, -0.25) is 4.79 Å². The zero-order chi connectivity index (χ0) is 24.4. The van der Waals surface area contributed by atoms with E-state index in [0.29, 0.717) is 46.4 Å². The molecule has 0 fully saturated rings. The molecule has 1 unspecified atom stereocenters. The fourth-order valence-corrected chi connectivity index (χ4v) is 4.76. The molecule has 1 amide bonds. The molecule has 0 radical (unpaired) electrons. The molecule has 1 N–H and O–H groups in total. The molecule has 6 nitrogen and oxygen atoms in total. The minimum Gasteiger partial charge on any atom is -0.497 e. The molecular formula is C27H28ClNO5. The van der Waals surface area contributed by atoms with Crippen LogP contribution in [0.5, 0.6) is 23.0 Å². The number of hydrogen-bond acceptors (Lipinski definition) is 5. The van der Waals surface area contributed by atoms with Gasteiger partial charge in [0.15, 0.2) is 11.5 Å². The molecule has 7 heteroatoms. The van der Waals surface area contributed by atoms with E-state index in [0.717, 1.165) is 27.8 Å². The molecule has 1 aliphatic carbocycles. The fourth-order valence-electron chi connectivity index (χ4n) is 4.55.